The minimum atomic E-state index is -0.364. The third-order valence-electron chi connectivity index (χ3n) is 2.37. The Kier molecular flexibility index (Phi) is 4.11. The number of nitrogens with two attached hydrogens (primary N) is 1. The molecule has 0 spiro atoms. The zero-order valence-corrected chi connectivity index (χ0v) is 11.4. The van der Waals surface area contributed by atoms with Crippen LogP contribution in [0.4, 0.5) is 15.9 Å². The molecule has 98 valence electrons. The summed E-state index contributed by atoms with van der Waals surface area (Å²) < 4.78 is 13.6. The fraction of sp³-hybridized carbons (Fsp3) is 0.0769. The number of nitrogen functional groups attached to an aromatic ring is 1. The topological polar surface area (TPSA) is 68.0 Å². The van der Waals surface area contributed by atoms with Crippen molar-refractivity contribution in [1.29, 1.82) is 0 Å². The van der Waals surface area contributed by atoms with Crippen LogP contribution in [0.1, 0.15) is 5.56 Å². The Morgan fingerprint density at radius 3 is 2.89 bits per heavy atom. The summed E-state index contributed by atoms with van der Waals surface area (Å²) in [4.78, 5) is 15.8. The second-order valence-corrected chi connectivity index (χ2v) is 4.81. The van der Waals surface area contributed by atoms with Crippen LogP contribution in [0.15, 0.2) is 41.0 Å². The molecule has 0 saturated heterocycles. The maximum absolute atomic E-state index is 13.0. The summed E-state index contributed by atoms with van der Waals surface area (Å²) in [7, 11) is 0. The molecule has 3 N–H and O–H groups in total. The third kappa shape index (κ3) is 3.75. The molecule has 0 radical (unpaired) electrons. The van der Waals surface area contributed by atoms with Crippen LogP contribution in [0, 0.1) is 5.82 Å². The molecule has 1 heterocycles. The van der Waals surface area contributed by atoms with Gasteiger partial charge in [0, 0.05) is 0 Å². The van der Waals surface area contributed by atoms with Gasteiger partial charge >= 0.3 is 0 Å². The maximum Gasteiger partial charge on any atom is 0.229 e. The van der Waals surface area contributed by atoms with E-state index in [2.05, 4.69) is 26.2 Å². The smallest absolute Gasteiger partial charge is 0.229 e. The molecule has 4 nitrogen and oxygen atoms in total. The Labute approximate surface area is 118 Å². The number of amides is 1. The van der Waals surface area contributed by atoms with Gasteiger partial charge in [-0.1, -0.05) is 12.1 Å². The van der Waals surface area contributed by atoms with E-state index >= 15 is 0 Å². The Hall–Kier alpha value is -1.95. The van der Waals surface area contributed by atoms with Crippen LogP contribution in [0.5, 0.6) is 0 Å². The molecular formula is C13H11BrFN3O. The Morgan fingerprint density at radius 1 is 1.42 bits per heavy atom. The van der Waals surface area contributed by atoms with Gasteiger partial charge in [0.25, 0.3) is 0 Å². The number of rotatable bonds is 3. The average molecular weight is 324 g/mol. The zero-order valence-electron chi connectivity index (χ0n) is 9.86. The van der Waals surface area contributed by atoms with Crippen LogP contribution in [0.25, 0.3) is 0 Å². The van der Waals surface area contributed by atoms with E-state index in [0.717, 1.165) is 0 Å². The van der Waals surface area contributed by atoms with Crippen molar-refractivity contribution >= 4 is 33.3 Å². The highest BCUT2D eigenvalue weighted by Gasteiger charge is 2.08. The number of carbonyl (C=O) groups is 1. The fourth-order valence-electron chi connectivity index (χ4n) is 1.55. The zero-order chi connectivity index (χ0) is 13.8. The van der Waals surface area contributed by atoms with E-state index in [-0.39, 0.29) is 18.1 Å². The molecule has 0 saturated carbocycles. The minimum absolute atomic E-state index is 0.0796. The molecule has 0 fully saturated rings. The summed E-state index contributed by atoms with van der Waals surface area (Å²) in [5.41, 5.74) is 6.65. The van der Waals surface area contributed by atoms with E-state index in [9.17, 15) is 9.18 Å². The summed E-state index contributed by atoms with van der Waals surface area (Å²) in [6.07, 6.45) is 1.53. The van der Waals surface area contributed by atoms with E-state index in [1.165, 1.54) is 18.3 Å². The lowest BCUT2D eigenvalue weighted by Gasteiger charge is -2.07. The molecule has 0 unspecified atom stereocenters. The van der Waals surface area contributed by atoms with Gasteiger partial charge in [0.15, 0.2) is 0 Å². The lowest BCUT2D eigenvalue weighted by atomic mass is 10.1. The van der Waals surface area contributed by atoms with Crippen LogP contribution >= 0.6 is 15.9 Å². The summed E-state index contributed by atoms with van der Waals surface area (Å²) >= 11 is 3.26. The quantitative estimate of drug-likeness (QED) is 0.912. The molecule has 6 heteroatoms. The van der Waals surface area contributed by atoms with Gasteiger partial charge in [-0.3, -0.25) is 4.79 Å². The molecule has 0 aliphatic heterocycles. The average Bonchev–Trinajstić information content (AvgIpc) is 2.33. The van der Waals surface area contributed by atoms with Crippen molar-refractivity contribution in [3.63, 3.8) is 0 Å². The van der Waals surface area contributed by atoms with E-state index in [4.69, 9.17) is 5.73 Å². The van der Waals surface area contributed by atoms with Crippen molar-refractivity contribution in [2.24, 2.45) is 0 Å². The summed E-state index contributed by atoms with van der Waals surface area (Å²) in [6.45, 7) is 0. The van der Waals surface area contributed by atoms with Crippen molar-refractivity contribution in [3.8, 4) is 0 Å². The molecule has 0 atom stereocenters. The second-order valence-electron chi connectivity index (χ2n) is 3.95. The van der Waals surface area contributed by atoms with Crippen molar-refractivity contribution in [2.45, 2.75) is 6.42 Å². The summed E-state index contributed by atoms with van der Waals surface area (Å²) in [5.74, 6) is -0.253. The van der Waals surface area contributed by atoms with Gasteiger partial charge in [0.2, 0.25) is 5.91 Å². The normalized spacial score (nSPS) is 10.2. The van der Waals surface area contributed by atoms with Crippen LogP contribution in [-0.4, -0.2) is 10.9 Å². The van der Waals surface area contributed by atoms with Gasteiger partial charge < -0.3 is 11.1 Å². The molecule has 2 rings (SSSR count). The van der Waals surface area contributed by atoms with Gasteiger partial charge in [-0.15, -0.1) is 0 Å². The lowest BCUT2D eigenvalue weighted by molar-refractivity contribution is -0.115. The molecule has 1 aromatic carbocycles. The molecule has 1 amide bonds. The van der Waals surface area contributed by atoms with Gasteiger partial charge in [0.05, 0.1) is 22.8 Å². The molecule has 0 bridgehead atoms. The number of aromatic nitrogens is 1. The van der Waals surface area contributed by atoms with Gasteiger partial charge in [-0.2, -0.15) is 0 Å². The molecule has 1 aromatic heterocycles. The Balaban J connectivity index is 2.05. The predicted molar refractivity (Wildman–Crippen MR) is 75.1 cm³/mol. The maximum atomic E-state index is 13.0. The monoisotopic (exact) mass is 323 g/mol. The van der Waals surface area contributed by atoms with E-state index in [1.54, 1.807) is 18.2 Å². The number of nitrogens with zero attached hydrogens (tertiary/aromatic N) is 1. The Morgan fingerprint density at radius 2 is 2.21 bits per heavy atom. The standard InChI is InChI=1S/C13H11BrFN3O/c14-11-6-10(16)7-17-13(11)18-12(19)5-8-2-1-3-9(15)4-8/h1-4,6-7H,5,16H2,(H,17,18,19). The van der Waals surface area contributed by atoms with Gasteiger partial charge in [-0.25, -0.2) is 9.37 Å². The first-order valence-corrected chi connectivity index (χ1v) is 6.29. The van der Waals surface area contributed by atoms with E-state index in [0.29, 0.717) is 21.5 Å². The lowest BCUT2D eigenvalue weighted by Crippen LogP contribution is -2.15. The number of pyridine rings is 1. The second kappa shape index (κ2) is 5.79. The van der Waals surface area contributed by atoms with Crippen molar-refractivity contribution in [1.82, 2.24) is 4.98 Å². The van der Waals surface area contributed by atoms with E-state index < -0.39 is 0 Å². The first-order valence-electron chi connectivity index (χ1n) is 5.50. The van der Waals surface area contributed by atoms with Crippen molar-refractivity contribution in [3.05, 3.63) is 52.4 Å². The van der Waals surface area contributed by atoms with E-state index in [1.807, 2.05) is 0 Å². The SMILES string of the molecule is Nc1cnc(NC(=O)Cc2cccc(F)c2)c(Br)c1. The van der Waals surface area contributed by atoms with Crippen molar-refractivity contribution in [2.75, 3.05) is 11.1 Å². The number of benzene rings is 1. The largest absolute Gasteiger partial charge is 0.397 e. The van der Waals surface area contributed by atoms with Crippen molar-refractivity contribution < 1.29 is 9.18 Å². The first-order chi connectivity index (χ1) is 9.04. The molecule has 0 aliphatic carbocycles. The number of hydrogen-bond donors (Lipinski definition) is 2. The van der Waals surface area contributed by atoms with Crippen LogP contribution < -0.4 is 11.1 Å². The number of carbonyl (C=O) groups excluding carboxylic acids is 1. The van der Waals surface area contributed by atoms with Gasteiger partial charge in [0.1, 0.15) is 11.6 Å². The Bertz CT molecular complexity index is 619. The highest BCUT2D eigenvalue weighted by atomic mass is 79.9. The molecule has 0 aliphatic rings. The van der Waals surface area contributed by atoms with Crippen LogP contribution in [-0.2, 0) is 11.2 Å². The molecule has 2 aromatic rings. The third-order valence-corrected chi connectivity index (χ3v) is 2.98. The highest BCUT2D eigenvalue weighted by molar-refractivity contribution is 9.10. The van der Waals surface area contributed by atoms with Gasteiger partial charge in [-0.05, 0) is 39.7 Å². The first kappa shape index (κ1) is 13.5. The summed E-state index contributed by atoms with van der Waals surface area (Å²) in [6, 6.07) is 7.55. The van der Waals surface area contributed by atoms with Crippen LogP contribution in [0.2, 0.25) is 0 Å². The number of anilines is 2. The number of hydrogen-bond acceptors (Lipinski definition) is 3. The highest BCUT2D eigenvalue weighted by Crippen LogP contribution is 2.21. The number of nitrogens with one attached hydrogen (secondary N) is 1. The van der Waals surface area contributed by atoms with Crippen LogP contribution in [0.3, 0.4) is 0 Å². The molecule has 19 heavy (non-hydrogen) atoms. The molecular weight excluding hydrogens is 313 g/mol. The fourth-order valence-corrected chi connectivity index (χ4v) is 2.02. The number of halogens is 2. The predicted octanol–water partition coefficient (Wildman–Crippen LogP) is 2.75. The summed E-state index contributed by atoms with van der Waals surface area (Å²) in [5, 5.41) is 2.63. The minimum Gasteiger partial charge on any atom is -0.397 e.